The van der Waals surface area contributed by atoms with Crippen molar-refractivity contribution in [1.29, 1.82) is 0 Å². The molecule has 0 aromatic rings. The first kappa shape index (κ1) is 4.57. The summed E-state index contributed by atoms with van der Waals surface area (Å²) >= 11 is 0. The summed E-state index contributed by atoms with van der Waals surface area (Å²) in [6, 6.07) is 0.939. The van der Waals surface area contributed by atoms with Gasteiger partial charge in [0.05, 0.1) is 0 Å². The molecule has 0 aromatic heterocycles. The van der Waals surface area contributed by atoms with Gasteiger partial charge in [0.1, 0.15) is 0 Å². The van der Waals surface area contributed by atoms with Crippen LogP contribution in [0.25, 0.3) is 0 Å². The third kappa shape index (κ3) is 0.671. The Hall–Kier alpha value is -0.300. The monoisotopic (exact) mass is 109 g/mol. The molecule has 0 radical (unpaired) electrons. The fourth-order valence-corrected chi connectivity index (χ4v) is 1.33. The third-order valence-corrected chi connectivity index (χ3v) is 1.99. The first-order valence-corrected chi connectivity index (χ1v) is 3.36. The summed E-state index contributed by atoms with van der Waals surface area (Å²) < 4.78 is 0. The van der Waals surface area contributed by atoms with Crippen LogP contribution >= 0.6 is 0 Å². The highest BCUT2D eigenvalue weighted by atomic mass is 15.3. The molecule has 0 bridgehead atoms. The number of hydrogen-bond acceptors (Lipinski definition) is 1. The van der Waals surface area contributed by atoms with E-state index in [1.54, 1.807) is 0 Å². The Balaban J connectivity index is 2.00. The molecule has 2 rings (SSSR count). The second-order valence-corrected chi connectivity index (χ2v) is 2.64. The molecule has 1 saturated heterocycles. The Kier molecular flexibility index (Phi) is 0.908. The lowest BCUT2D eigenvalue weighted by molar-refractivity contribution is 0.524. The van der Waals surface area contributed by atoms with Gasteiger partial charge < -0.3 is 0 Å². The van der Waals surface area contributed by atoms with Crippen molar-refractivity contribution in [3.63, 3.8) is 0 Å². The van der Waals surface area contributed by atoms with E-state index in [0.29, 0.717) is 0 Å². The Bertz CT molecular complexity index is 118. The summed E-state index contributed by atoms with van der Waals surface area (Å²) in [7, 11) is 0. The molecule has 8 heavy (non-hydrogen) atoms. The SMILES string of the molecule is C1=CCC2CN2CC1. The van der Waals surface area contributed by atoms with Gasteiger partial charge >= 0.3 is 0 Å². The van der Waals surface area contributed by atoms with E-state index in [4.69, 9.17) is 0 Å². The summed E-state index contributed by atoms with van der Waals surface area (Å²) in [6.07, 6.45) is 7.19. The summed E-state index contributed by atoms with van der Waals surface area (Å²) in [5.74, 6) is 0. The van der Waals surface area contributed by atoms with Crippen LogP contribution in [0.1, 0.15) is 12.8 Å². The number of hydrogen-bond donors (Lipinski definition) is 0. The summed E-state index contributed by atoms with van der Waals surface area (Å²) in [4.78, 5) is 2.53. The van der Waals surface area contributed by atoms with E-state index in [0.717, 1.165) is 6.04 Å². The van der Waals surface area contributed by atoms with E-state index in [9.17, 15) is 0 Å². The minimum Gasteiger partial charge on any atom is -0.297 e. The van der Waals surface area contributed by atoms with Crippen molar-refractivity contribution in [2.45, 2.75) is 18.9 Å². The van der Waals surface area contributed by atoms with Gasteiger partial charge in [-0.1, -0.05) is 12.2 Å². The molecule has 44 valence electrons. The fourth-order valence-electron chi connectivity index (χ4n) is 1.33. The van der Waals surface area contributed by atoms with Crippen molar-refractivity contribution in [2.24, 2.45) is 0 Å². The van der Waals surface area contributed by atoms with Crippen LogP contribution in [0.2, 0.25) is 0 Å². The maximum Gasteiger partial charge on any atom is 0.0258 e. The lowest BCUT2D eigenvalue weighted by Gasteiger charge is -1.92. The maximum atomic E-state index is 2.53. The van der Waals surface area contributed by atoms with E-state index in [1.807, 2.05) is 0 Å². The number of nitrogens with zero attached hydrogens (tertiary/aromatic N) is 1. The van der Waals surface area contributed by atoms with Crippen LogP contribution in [0.5, 0.6) is 0 Å². The van der Waals surface area contributed by atoms with Crippen molar-refractivity contribution in [2.75, 3.05) is 13.1 Å². The summed E-state index contributed by atoms with van der Waals surface area (Å²) in [5.41, 5.74) is 0. The smallest absolute Gasteiger partial charge is 0.0258 e. The van der Waals surface area contributed by atoms with E-state index >= 15 is 0 Å². The van der Waals surface area contributed by atoms with E-state index < -0.39 is 0 Å². The lowest BCUT2D eigenvalue weighted by atomic mass is 10.3. The van der Waals surface area contributed by atoms with Gasteiger partial charge in [-0.2, -0.15) is 0 Å². The van der Waals surface area contributed by atoms with Crippen molar-refractivity contribution in [1.82, 2.24) is 4.90 Å². The van der Waals surface area contributed by atoms with Gasteiger partial charge in [-0.05, 0) is 12.8 Å². The molecule has 0 N–H and O–H groups in total. The zero-order chi connectivity index (χ0) is 5.40. The topological polar surface area (TPSA) is 3.01 Å². The highest BCUT2D eigenvalue weighted by molar-refractivity contribution is 5.00. The number of fused-ring (bicyclic) bond motifs is 1. The molecule has 1 heteroatoms. The zero-order valence-electron chi connectivity index (χ0n) is 5.01. The number of rotatable bonds is 0. The van der Waals surface area contributed by atoms with Crippen molar-refractivity contribution >= 4 is 0 Å². The molecule has 2 aliphatic heterocycles. The second-order valence-electron chi connectivity index (χ2n) is 2.64. The van der Waals surface area contributed by atoms with Gasteiger partial charge in [-0.25, -0.2) is 0 Å². The highest BCUT2D eigenvalue weighted by Crippen LogP contribution is 2.23. The average molecular weight is 109 g/mol. The van der Waals surface area contributed by atoms with Gasteiger partial charge in [0.25, 0.3) is 0 Å². The molecular weight excluding hydrogens is 98.1 g/mol. The van der Waals surface area contributed by atoms with Crippen LogP contribution in [0.3, 0.4) is 0 Å². The van der Waals surface area contributed by atoms with Crippen molar-refractivity contribution < 1.29 is 0 Å². The molecule has 2 atom stereocenters. The molecule has 1 fully saturated rings. The molecule has 0 saturated carbocycles. The van der Waals surface area contributed by atoms with Gasteiger partial charge in [0, 0.05) is 19.1 Å². The minimum absolute atomic E-state index is 0.939. The largest absolute Gasteiger partial charge is 0.297 e. The van der Waals surface area contributed by atoms with Crippen LogP contribution in [-0.4, -0.2) is 24.0 Å². The van der Waals surface area contributed by atoms with E-state index in [1.165, 1.54) is 25.9 Å². The zero-order valence-corrected chi connectivity index (χ0v) is 5.01. The van der Waals surface area contributed by atoms with Crippen molar-refractivity contribution in [3.8, 4) is 0 Å². The van der Waals surface area contributed by atoms with Crippen LogP contribution in [-0.2, 0) is 0 Å². The first-order valence-electron chi connectivity index (χ1n) is 3.36. The molecule has 1 nitrogen and oxygen atoms in total. The lowest BCUT2D eigenvalue weighted by Crippen LogP contribution is -1.99. The Morgan fingerprint density at radius 3 is 3.38 bits per heavy atom. The highest BCUT2D eigenvalue weighted by Gasteiger charge is 2.32. The van der Waals surface area contributed by atoms with Crippen LogP contribution in [0.4, 0.5) is 0 Å². The summed E-state index contributed by atoms with van der Waals surface area (Å²) in [6.45, 7) is 2.67. The molecule has 0 spiro atoms. The van der Waals surface area contributed by atoms with Crippen LogP contribution in [0, 0.1) is 0 Å². The molecular formula is C7H11N. The predicted octanol–water partition coefficient (Wildman–Crippen LogP) is 1.02. The van der Waals surface area contributed by atoms with Crippen molar-refractivity contribution in [3.05, 3.63) is 12.2 Å². The van der Waals surface area contributed by atoms with Crippen LogP contribution < -0.4 is 0 Å². The molecule has 2 heterocycles. The Morgan fingerprint density at radius 2 is 2.38 bits per heavy atom. The van der Waals surface area contributed by atoms with Gasteiger partial charge in [-0.15, -0.1) is 0 Å². The fraction of sp³-hybridized carbons (Fsp3) is 0.714. The average Bonchev–Trinajstić information content (AvgIpc) is 2.36. The van der Waals surface area contributed by atoms with Gasteiger partial charge in [0.2, 0.25) is 0 Å². The molecule has 2 aliphatic rings. The molecule has 0 aromatic carbocycles. The van der Waals surface area contributed by atoms with Gasteiger partial charge in [-0.3, -0.25) is 4.90 Å². The third-order valence-electron chi connectivity index (χ3n) is 1.99. The molecule has 2 unspecified atom stereocenters. The van der Waals surface area contributed by atoms with E-state index in [-0.39, 0.29) is 0 Å². The first-order chi connectivity index (χ1) is 3.97. The van der Waals surface area contributed by atoms with Crippen LogP contribution in [0.15, 0.2) is 12.2 Å². The van der Waals surface area contributed by atoms with E-state index in [2.05, 4.69) is 17.1 Å². The predicted molar refractivity (Wildman–Crippen MR) is 33.7 cm³/mol. The molecule has 0 aliphatic carbocycles. The summed E-state index contributed by atoms with van der Waals surface area (Å²) in [5, 5.41) is 0. The quantitative estimate of drug-likeness (QED) is 0.331. The Morgan fingerprint density at radius 1 is 1.38 bits per heavy atom. The standard InChI is InChI=1S/C7H11N/c1-2-4-7-6-8(7)5-3-1/h1-2,7H,3-6H2. The Labute approximate surface area is 50.0 Å². The van der Waals surface area contributed by atoms with Gasteiger partial charge in [0.15, 0.2) is 0 Å². The molecule has 0 amide bonds. The second kappa shape index (κ2) is 1.59. The minimum atomic E-state index is 0.939. The normalized spacial score (nSPS) is 43.0. The maximum absolute atomic E-state index is 2.53.